The molecule has 0 aliphatic rings. The molecule has 3 nitrogen and oxygen atoms in total. The first-order valence-electron chi connectivity index (χ1n) is 6.77. The van der Waals surface area contributed by atoms with Crippen molar-refractivity contribution in [2.24, 2.45) is 5.92 Å². The average Bonchev–Trinajstić information content (AvgIpc) is 2.92. The van der Waals surface area contributed by atoms with Gasteiger partial charge in [-0.25, -0.2) is 9.18 Å². The quantitative estimate of drug-likeness (QED) is 0.845. The minimum Gasteiger partial charge on any atom is -0.478 e. The summed E-state index contributed by atoms with van der Waals surface area (Å²) in [4.78, 5) is 12.0. The third kappa shape index (κ3) is 3.89. The van der Waals surface area contributed by atoms with E-state index in [9.17, 15) is 9.18 Å². The Balaban J connectivity index is 2.08. The maximum absolute atomic E-state index is 13.7. The summed E-state index contributed by atoms with van der Waals surface area (Å²) in [5.74, 6) is -1.53. The van der Waals surface area contributed by atoms with Gasteiger partial charge < -0.3 is 10.4 Å². The molecule has 0 fully saturated rings. The molecular formula is C16H18FNO2S. The molecule has 0 amide bonds. The molecule has 0 aliphatic heterocycles. The molecular weight excluding hydrogens is 289 g/mol. The number of halogens is 1. The van der Waals surface area contributed by atoms with Crippen LogP contribution in [0.1, 0.15) is 40.7 Å². The molecule has 112 valence electrons. The number of hydrogen-bond donors (Lipinski definition) is 2. The lowest BCUT2D eigenvalue weighted by Gasteiger charge is -2.21. The van der Waals surface area contributed by atoms with Crippen LogP contribution in [0.3, 0.4) is 0 Å². The van der Waals surface area contributed by atoms with E-state index in [1.54, 1.807) is 17.4 Å². The van der Waals surface area contributed by atoms with Gasteiger partial charge in [0.15, 0.2) is 0 Å². The molecule has 0 aliphatic carbocycles. The van der Waals surface area contributed by atoms with Gasteiger partial charge in [-0.2, -0.15) is 0 Å². The van der Waals surface area contributed by atoms with Gasteiger partial charge in [0.05, 0.1) is 5.56 Å². The number of benzene rings is 1. The van der Waals surface area contributed by atoms with Crippen molar-refractivity contribution in [1.82, 2.24) is 5.32 Å². The Morgan fingerprint density at radius 2 is 2.14 bits per heavy atom. The first-order valence-corrected chi connectivity index (χ1v) is 7.65. The number of carbonyl (C=O) groups is 1. The lowest BCUT2D eigenvalue weighted by molar-refractivity contribution is 0.0692. The van der Waals surface area contributed by atoms with Crippen molar-refractivity contribution >= 4 is 17.3 Å². The predicted octanol–water partition coefficient (Wildman–Crippen LogP) is 4.07. The highest BCUT2D eigenvalue weighted by Gasteiger charge is 2.17. The van der Waals surface area contributed by atoms with Crippen LogP contribution in [0.15, 0.2) is 35.7 Å². The maximum atomic E-state index is 13.7. The molecule has 1 unspecified atom stereocenters. The molecule has 0 bridgehead atoms. The van der Waals surface area contributed by atoms with E-state index in [0.717, 1.165) is 5.56 Å². The molecule has 0 saturated heterocycles. The van der Waals surface area contributed by atoms with Crippen molar-refractivity contribution < 1.29 is 14.3 Å². The van der Waals surface area contributed by atoms with Crippen molar-refractivity contribution in [3.05, 3.63) is 57.5 Å². The molecule has 0 spiro atoms. The number of carboxylic acid groups (broad SMARTS) is 1. The van der Waals surface area contributed by atoms with Gasteiger partial charge in [-0.3, -0.25) is 0 Å². The SMILES string of the molecule is CC(C)C(NCc1ccc(C(=O)O)c(F)c1)c1cccs1. The topological polar surface area (TPSA) is 49.3 Å². The Kier molecular flexibility index (Phi) is 5.09. The van der Waals surface area contributed by atoms with Crippen LogP contribution in [0.4, 0.5) is 4.39 Å². The Morgan fingerprint density at radius 1 is 1.38 bits per heavy atom. The number of nitrogens with one attached hydrogen (secondary N) is 1. The van der Waals surface area contributed by atoms with E-state index in [1.165, 1.54) is 17.0 Å². The minimum absolute atomic E-state index is 0.201. The molecule has 5 heteroatoms. The van der Waals surface area contributed by atoms with Crippen molar-refractivity contribution in [3.8, 4) is 0 Å². The summed E-state index contributed by atoms with van der Waals surface area (Å²) in [5.41, 5.74) is 0.442. The van der Waals surface area contributed by atoms with Gasteiger partial charge in [-0.05, 0) is 35.1 Å². The van der Waals surface area contributed by atoms with Gasteiger partial charge in [-0.1, -0.05) is 26.0 Å². The number of carboxylic acids is 1. The molecule has 1 heterocycles. The Hall–Kier alpha value is -1.72. The van der Waals surface area contributed by atoms with E-state index in [1.807, 2.05) is 11.4 Å². The largest absolute Gasteiger partial charge is 0.478 e. The fourth-order valence-corrected chi connectivity index (χ4v) is 3.18. The van der Waals surface area contributed by atoms with Crippen LogP contribution in [0.5, 0.6) is 0 Å². The zero-order valence-electron chi connectivity index (χ0n) is 12.0. The van der Waals surface area contributed by atoms with E-state index in [2.05, 4.69) is 25.2 Å². The van der Waals surface area contributed by atoms with Crippen LogP contribution in [0.2, 0.25) is 0 Å². The highest BCUT2D eigenvalue weighted by Crippen LogP contribution is 2.26. The van der Waals surface area contributed by atoms with Crippen molar-refractivity contribution in [2.45, 2.75) is 26.4 Å². The van der Waals surface area contributed by atoms with Crippen molar-refractivity contribution in [3.63, 3.8) is 0 Å². The number of aromatic carboxylic acids is 1. The van der Waals surface area contributed by atoms with Gasteiger partial charge in [0.25, 0.3) is 0 Å². The molecule has 0 radical (unpaired) electrons. The van der Waals surface area contributed by atoms with E-state index < -0.39 is 11.8 Å². The summed E-state index contributed by atoms with van der Waals surface area (Å²) in [6, 6.07) is 8.53. The van der Waals surface area contributed by atoms with E-state index in [4.69, 9.17) is 5.11 Å². The molecule has 2 N–H and O–H groups in total. The van der Waals surface area contributed by atoms with Crippen LogP contribution in [0.25, 0.3) is 0 Å². The Morgan fingerprint density at radius 3 is 2.67 bits per heavy atom. The van der Waals surface area contributed by atoms with Gasteiger partial charge in [-0.15, -0.1) is 11.3 Å². The Bertz CT molecular complexity index is 611. The second-order valence-corrected chi connectivity index (χ2v) is 6.22. The first kappa shape index (κ1) is 15.7. The standard InChI is InChI=1S/C16H18FNO2S/c1-10(2)15(14-4-3-7-21-14)18-9-11-5-6-12(16(19)20)13(17)8-11/h3-8,10,15,18H,9H2,1-2H3,(H,19,20). The fourth-order valence-electron chi connectivity index (χ4n) is 2.20. The average molecular weight is 307 g/mol. The van der Waals surface area contributed by atoms with Crippen LogP contribution >= 0.6 is 11.3 Å². The van der Waals surface area contributed by atoms with Gasteiger partial charge in [0, 0.05) is 17.5 Å². The van der Waals surface area contributed by atoms with E-state index in [0.29, 0.717) is 12.5 Å². The smallest absolute Gasteiger partial charge is 0.338 e. The monoisotopic (exact) mass is 307 g/mol. The first-order chi connectivity index (χ1) is 9.99. The predicted molar refractivity (Wildman–Crippen MR) is 82.1 cm³/mol. The second kappa shape index (κ2) is 6.83. The molecule has 2 aromatic rings. The summed E-state index contributed by atoms with van der Waals surface area (Å²) in [6.07, 6.45) is 0. The second-order valence-electron chi connectivity index (χ2n) is 5.24. The zero-order valence-corrected chi connectivity index (χ0v) is 12.8. The molecule has 1 atom stereocenters. The summed E-state index contributed by atoms with van der Waals surface area (Å²) in [6.45, 7) is 4.76. The van der Waals surface area contributed by atoms with Crippen molar-refractivity contribution in [2.75, 3.05) is 0 Å². The Labute approximate surface area is 127 Å². The van der Waals surface area contributed by atoms with Crippen LogP contribution in [-0.4, -0.2) is 11.1 Å². The van der Waals surface area contributed by atoms with Crippen LogP contribution < -0.4 is 5.32 Å². The summed E-state index contributed by atoms with van der Waals surface area (Å²) in [5, 5.41) is 14.3. The summed E-state index contributed by atoms with van der Waals surface area (Å²) >= 11 is 1.69. The molecule has 21 heavy (non-hydrogen) atoms. The van der Waals surface area contributed by atoms with E-state index >= 15 is 0 Å². The molecule has 2 rings (SSSR count). The lowest BCUT2D eigenvalue weighted by atomic mass is 10.0. The number of thiophene rings is 1. The highest BCUT2D eigenvalue weighted by atomic mass is 32.1. The molecule has 1 aromatic heterocycles. The third-order valence-corrected chi connectivity index (χ3v) is 4.26. The lowest BCUT2D eigenvalue weighted by Crippen LogP contribution is -2.24. The van der Waals surface area contributed by atoms with Gasteiger partial charge in [0.1, 0.15) is 5.82 Å². The van der Waals surface area contributed by atoms with Gasteiger partial charge >= 0.3 is 5.97 Å². The fraction of sp³-hybridized carbons (Fsp3) is 0.312. The third-order valence-electron chi connectivity index (χ3n) is 3.31. The number of hydrogen-bond acceptors (Lipinski definition) is 3. The maximum Gasteiger partial charge on any atom is 0.338 e. The highest BCUT2D eigenvalue weighted by molar-refractivity contribution is 7.10. The van der Waals surface area contributed by atoms with Crippen molar-refractivity contribution in [1.29, 1.82) is 0 Å². The normalized spacial score (nSPS) is 12.6. The van der Waals surface area contributed by atoms with Crippen LogP contribution in [0, 0.1) is 11.7 Å². The number of rotatable bonds is 6. The van der Waals surface area contributed by atoms with E-state index in [-0.39, 0.29) is 11.6 Å². The van der Waals surface area contributed by atoms with Gasteiger partial charge in [0.2, 0.25) is 0 Å². The minimum atomic E-state index is -1.24. The summed E-state index contributed by atoms with van der Waals surface area (Å²) < 4.78 is 13.7. The molecule has 1 aromatic carbocycles. The zero-order chi connectivity index (χ0) is 15.4. The van der Waals surface area contributed by atoms with Crippen LogP contribution in [-0.2, 0) is 6.54 Å². The molecule has 0 saturated carbocycles. The summed E-state index contributed by atoms with van der Waals surface area (Å²) in [7, 11) is 0.